The van der Waals surface area contributed by atoms with E-state index in [9.17, 15) is 4.79 Å². The Morgan fingerprint density at radius 2 is 2.00 bits per heavy atom. The van der Waals surface area contributed by atoms with Gasteiger partial charge in [0.1, 0.15) is 0 Å². The number of rotatable bonds is 3. The first-order chi connectivity index (χ1) is 11.6. The Bertz CT molecular complexity index is 574. The van der Waals surface area contributed by atoms with Crippen LogP contribution in [0, 0.1) is 17.8 Å². The van der Waals surface area contributed by atoms with Gasteiger partial charge in [0.15, 0.2) is 0 Å². The van der Waals surface area contributed by atoms with Crippen molar-refractivity contribution in [1.29, 1.82) is 0 Å². The highest BCUT2D eigenvalue weighted by atomic mass is 35.5. The van der Waals surface area contributed by atoms with Gasteiger partial charge in [-0.2, -0.15) is 0 Å². The lowest BCUT2D eigenvalue weighted by molar-refractivity contribution is -0.119. The molecular formula is C20H32ClN3O. The summed E-state index contributed by atoms with van der Waals surface area (Å²) in [5, 5.41) is 3.48. The van der Waals surface area contributed by atoms with Gasteiger partial charge in [-0.3, -0.25) is 4.79 Å². The van der Waals surface area contributed by atoms with Crippen LogP contribution in [-0.4, -0.2) is 39.1 Å². The van der Waals surface area contributed by atoms with Crippen molar-refractivity contribution in [3.05, 3.63) is 24.3 Å². The summed E-state index contributed by atoms with van der Waals surface area (Å²) in [5.74, 6) is 1.82. The van der Waals surface area contributed by atoms with Crippen LogP contribution in [-0.2, 0) is 4.79 Å². The van der Waals surface area contributed by atoms with Crippen molar-refractivity contribution in [3.63, 3.8) is 0 Å². The summed E-state index contributed by atoms with van der Waals surface area (Å²) >= 11 is 0. The Labute approximate surface area is 158 Å². The second kappa shape index (κ2) is 8.91. The quantitative estimate of drug-likeness (QED) is 0.889. The molecule has 1 aromatic rings. The maximum Gasteiger partial charge on any atom is 0.227 e. The summed E-state index contributed by atoms with van der Waals surface area (Å²) in [6, 6.07) is 8.32. The maximum absolute atomic E-state index is 13.1. The molecule has 0 bridgehead atoms. The molecule has 2 aliphatic rings. The highest BCUT2D eigenvalue weighted by Gasteiger charge is 2.29. The van der Waals surface area contributed by atoms with Gasteiger partial charge in [0.25, 0.3) is 0 Å². The number of halogens is 1. The van der Waals surface area contributed by atoms with E-state index < -0.39 is 0 Å². The van der Waals surface area contributed by atoms with Crippen LogP contribution in [0.25, 0.3) is 0 Å². The standard InChI is InChI=1S/C20H31N3O.ClH/c1-15-13-22(3)18-8-4-5-9-19(18)23(14-15)20(24)11-16(2)17-7-6-10-21-12-17;/h4-5,8-9,15-17,21H,6-7,10-14H2,1-3H3;1H. The number of piperidine rings is 1. The van der Waals surface area contributed by atoms with E-state index in [0.29, 0.717) is 24.2 Å². The number of anilines is 2. The average Bonchev–Trinajstić information content (AvgIpc) is 2.72. The Kier molecular flexibility index (Phi) is 7.14. The third-order valence-corrected chi connectivity index (χ3v) is 5.60. The minimum absolute atomic E-state index is 0. The molecule has 1 saturated heterocycles. The zero-order valence-corrected chi connectivity index (χ0v) is 16.5. The molecule has 3 unspecified atom stereocenters. The van der Waals surface area contributed by atoms with Crippen molar-refractivity contribution in [2.45, 2.75) is 33.1 Å². The van der Waals surface area contributed by atoms with Gasteiger partial charge >= 0.3 is 0 Å². The molecule has 140 valence electrons. The average molecular weight is 366 g/mol. The number of para-hydroxylation sites is 2. The van der Waals surface area contributed by atoms with Gasteiger partial charge in [0.05, 0.1) is 11.4 Å². The first-order valence-electron chi connectivity index (χ1n) is 9.37. The van der Waals surface area contributed by atoms with Crippen LogP contribution < -0.4 is 15.1 Å². The molecule has 1 amide bonds. The number of benzene rings is 1. The molecule has 3 rings (SSSR count). The molecule has 3 atom stereocenters. The number of carbonyl (C=O) groups is 1. The molecule has 0 spiro atoms. The van der Waals surface area contributed by atoms with Crippen LogP contribution in [0.1, 0.15) is 33.1 Å². The van der Waals surface area contributed by atoms with E-state index in [1.165, 1.54) is 18.5 Å². The van der Waals surface area contributed by atoms with Crippen LogP contribution in [0.3, 0.4) is 0 Å². The minimum Gasteiger partial charge on any atom is -0.373 e. The topological polar surface area (TPSA) is 35.6 Å². The lowest BCUT2D eigenvalue weighted by Crippen LogP contribution is -2.38. The summed E-state index contributed by atoms with van der Waals surface area (Å²) in [5.41, 5.74) is 2.24. The summed E-state index contributed by atoms with van der Waals surface area (Å²) in [6.07, 6.45) is 3.13. The normalized spacial score (nSPS) is 24.8. The molecule has 5 heteroatoms. The van der Waals surface area contributed by atoms with Crippen molar-refractivity contribution in [2.24, 2.45) is 17.8 Å². The predicted molar refractivity (Wildman–Crippen MR) is 108 cm³/mol. The van der Waals surface area contributed by atoms with Crippen LogP contribution in [0.15, 0.2) is 24.3 Å². The number of hydrogen-bond acceptors (Lipinski definition) is 3. The molecule has 2 aliphatic heterocycles. The summed E-state index contributed by atoms with van der Waals surface area (Å²) in [6.45, 7) is 8.47. The van der Waals surface area contributed by atoms with Crippen LogP contribution >= 0.6 is 12.4 Å². The number of nitrogens with one attached hydrogen (secondary N) is 1. The first kappa shape index (κ1) is 20.1. The summed E-state index contributed by atoms with van der Waals surface area (Å²) < 4.78 is 0. The fraction of sp³-hybridized carbons (Fsp3) is 0.650. The van der Waals surface area contributed by atoms with Crippen LogP contribution in [0.2, 0.25) is 0 Å². The van der Waals surface area contributed by atoms with Gasteiger partial charge in [-0.15, -0.1) is 12.4 Å². The van der Waals surface area contributed by atoms with Gasteiger partial charge in [-0.25, -0.2) is 0 Å². The Morgan fingerprint density at radius 1 is 1.28 bits per heavy atom. The molecule has 1 fully saturated rings. The second-order valence-electron chi connectivity index (χ2n) is 7.77. The van der Waals surface area contributed by atoms with E-state index in [1.807, 2.05) is 11.0 Å². The van der Waals surface area contributed by atoms with Crippen molar-refractivity contribution >= 4 is 29.7 Å². The third-order valence-electron chi connectivity index (χ3n) is 5.60. The highest BCUT2D eigenvalue weighted by Crippen LogP contribution is 2.34. The number of fused-ring (bicyclic) bond motifs is 1. The molecule has 0 radical (unpaired) electrons. The van der Waals surface area contributed by atoms with E-state index in [4.69, 9.17) is 0 Å². The number of nitrogens with zero attached hydrogens (tertiary/aromatic N) is 2. The molecule has 1 aromatic carbocycles. The lowest BCUT2D eigenvalue weighted by atomic mass is 9.85. The second-order valence-corrected chi connectivity index (χ2v) is 7.77. The number of carbonyl (C=O) groups excluding carboxylic acids is 1. The fourth-order valence-corrected chi connectivity index (χ4v) is 4.20. The molecule has 2 heterocycles. The van der Waals surface area contributed by atoms with Gasteiger partial charge in [-0.05, 0) is 55.8 Å². The lowest BCUT2D eigenvalue weighted by Gasteiger charge is -2.30. The molecule has 1 N–H and O–H groups in total. The molecular weight excluding hydrogens is 334 g/mol. The van der Waals surface area contributed by atoms with Gasteiger partial charge in [0.2, 0.25) is 5.91 Å². The van der Waals surface area contributed by atoms with Gasteiger partial charge in [0, 0.05) is 26.6 Å². The van der Waals surface area contributed by atoms with Crippen LogP contribution in [0.5, 0.6) is 0 Å². The Hall–Kier alpha value is -1.26. The Balaban J connectivity index is 0.00000225. The number of amides is 1. The largest absolute Gasteiger partial charge is 0.373 e. The molecule has 0 aliphatic carbocycles. The molecule has 25 heavy (non-hydrogen) atoms. The highest BCUT2D eigenvalue weighted by molar-refractivity contribution is 5.97. The zero-order valence-electron chi connectivity index (χ0n) is 15.7. The van der Waals surface area contributed by atoms with Crippen molar-refractivity contribution in [3.8, 4) is 0 Å². The van der Waals surface area contributed by atoms with Gasteiger partial charge in [-0.1, -0.05) is 26.0 Å². The van der Waals surface area contributed by atoms with Crippen LogP contribution in [0.4, 0.5) is 11.4 Å². The zero-order chi connectivity index (χ0) is 17.1. The minimum atomic E-state index is 0. The van der Waals surface area contributed by atoms with Crippen molar-refractivity contribution in [1.82, 2.24) is 5.32 Å². The smallest absolute Gasteiger partial charge is 0.227 e. The van der Waals surface area contributed by atoms with E-state index in [2.05, 4.69) is 49.3 Å². The SMILES string of the molecule is CC1CN(C)c2ccccc2N(C(=O)CC(C)C2CCCNC2)C1.Cl. The number of hydrogen-bond donors (Lipinski definition) is 1. The van der Waals surface area contributed by atoms with E-state index in [0.717, 1.165) is 31.9 Å². The van der Waals surface area contributed by atoms with Crippen molar-refractivity contribution < 1.29 is 4.79 Å². The molecule has 0 saturated carbocycles. The van der Waals surface area contributed by atoms with E-state index in [1.54, 1.807) is 0 Å². The summed E-state index contributed by atoms with van der Waals surface area (Å²) in [7, 11) is 2.12. The monoisotopic (exact) mass is 365 g/mol. The molecule has 4 nitrogen and oxygen atoms in total. The van der Waals surface area contributed by atoms with E-state index in [-0.39, 0.29) is 18.3 Å². The van der Waals surface area contributed by atoms with E-state index >= 15 is 0 Å². The molecule has 0 aromatic heterocycles. The van der Waals surface area contributed by atoms with Gasteiger partial charge < -0.3 is 15.1 Å². The summed E-state index contributed by atoms with van der Waals surface area (Å²) in [4.78, 5) is 17.4. The maximum atomic E-state index is 13.1. The predicted octanol–water partition coefficient (Wildman–Crippen LogP) is 3.55. The fourth-order valence-electron chi connectivity index (χ4n) is 4.20. The third kappa shape index (κ3) is 4.68. The van der Waals surface area contributed by atoms with Crippen molar-refractivity contribution in [2.75, 3.05) is 43.0 Å². The first-order valence-corrected chi connectivity index (χ1v) is 9.37. The Morgan fingerprint density at radius 3 is 2.68 bits per heavy atom.